The zero-order valence-electron chi connectivity index (χ0n) is 10.2. The Morgan fingerprint density at radius 2 is 1.79 bits per heavy atom. The molecule has 0 aromatic rings. The summed E-state index contributed by atoms with van der Waals surface area (Å²) in [5, 5.41) is 3.53. The van der Waals surface area contributed by atoms with Gasteiger partial charge in [-0.15, -0.1) is 0 Å². The van der Waals surface area contributed by atoms with Gasteiger partial charge in [0.1, 0.15) is 0 Å². The molecule has 4 unspecified atom stereocenters. The summed E-state index contributed by atoms with van der Waals surface area (Å²) in [7, 11) is 0. The Kier molecular flexibility index (Phi) is 4.39. The third-order valence-electron chi connectivity index (χ3n) is 3.38. The average molecular weight is 199 g/mol. The Hall–Kier alpha value is -0.0800. The summed E-state index contributed by atoms with van der Waals surface area (Å²) in [6, 6.07) is 0. The molecule has 0 aromatic heterocycles. The highest BCUT2D eigenvalue weighted by atomic mass is 16.5. The summed E-state index contributed by atoms with van der Waals surface area (Å²) in [6.07, 6.45) is 0.843. The Morgan fingerprint density at radius 3 is 2.21 bits per heavy atom. The summed E-state index contributed by atoms with van der Waals surface area (Å²) in [5.41, 5.74) is 0. The van der Waals surface area contributed by atoms with Gasteiger partial charge in [-0.1, -0.05) is 20.8 Å². The molecule has 0 radical (unpaired) electrons. The van der Waals surface area contributed by atoms with Gasteiger partial charge in [-0.2, -0.15) is 0 Å². The van der Waals surface area contributed by atoms with E-state index in [0.717, 1.165) is 19.0 Å². The van der Waals surface area contributed by atoms with Gasteiger partial charge in [-0.3, -0.25) is 0 Å². The van der Waals surface area contributed by atoms with Gasteiger partial charge in [-0.05, 0) is 32.2 Å². The van der Waals surface area contributed by atoms with E-state index < -0.39 is 0 Å². The summed E-state index contributed by atoms with van der Waals surface area (Å²) in [4.78, 5) is 0. The van der Waals surface area contributed by atoms with Crippen LogP contribution in [0.25, 0.3) is 0 Å². The van der Waals surface area contributed by atoms with Crippen LogP contribution in [-0.4, -0.2) is 25.3 Å². The molecule has 2 nitrogen and oxygen atoms in total. The van der Waals surface area contributed by atoms with E-state index in [0.29, 0.717) is 24.0 Å². The van der Waals surface area contributed by atoms with E-state index in [1.165, 1.54) is 0 Å². The van der Waals surface area contributed by atoms with Crippen molar-refractivity contribution in [1.29, 1.82) is 0 Å². The van der Waals surface area contributed by atoms with Crippen LogP contribution in [0.4, 0.5) is 0 Å². The molecule has 0 aliphatic carbocycles. The molecule has 1 aliphatic heterocycles. The number of nitrogens with one attached hydrogen (secondary N) is 1. The van der Waals surface area contributed by atoms with Crippen molar-refractivity contribution in [3.63, 3.8) is 0 Å². The van der Waals surface area contributed by atoms with Crippen molar-refractivity contribution < 1.29 is 4.74 Å². The molecule has 2 heteroatoms. The summed E-state index contributed by atoms with van der Waals surface area (Å²) >= 11 is 0. The molecule has 1 saturated heterocycles. The second-order valence-corrected chi connectivity index (χ2v) is 5.12. The molecule has 1 heterocycles. The van der Waals surface area contributed by atoms with E-state index in [1.807, 2.05) is 0 Å². The normalized spacial score (nSPS) is 38.1. The molecule has 1 fully saturated rings. The van der Waals surface area contributed by atoms with Crippen molar-refractivity contribution in [2.24, 2.45) is 17.8 Å². The lowest BCUT2D eigenvalue weighted by molar-refractivity contribution is 0.0511. The molecule has 0 aromatic carbocycles. The molecule has 0 saturated carbocycles. The average Bonchev–Trinajstić information content (AvgIpc) is 2.31. The van der Waals surface area contributed by atoms with Crippen LogP contribution in [0.15, 0.2) is 0 Å². The van der Waals surface area contributed by atoms with Crippen LogP contribution < -0.4 is 5.32 Å². The van der Waals surface area contributed by atoms with Gasteiger partial charge in [0.15, 0.2) is 0 Å². The minimum atomic E-state index is 0.416. The number of rotatable bonds is 4. The van der Waals surface area contributed by atoms with Crippen LogP contribution >= 0.6 is 0 Å². The molecule has 1 N–H and O–H groups in total. The lowest BCUT2D eigenvalue weighted by atomic mass is 9.89. The predicted molar refractivity (Wildman–Crippen MR) is 60.4 cm³/mol. The molecule has 1 rings (SSSR count). The molecule has 84 valence electrons. The number of hydrogen-bond donors (Lipinski definition) is 1. The van der Waals surface area contributed by atoms with E-state index in [2.05, 4.69) is 39.9 Å². The maximum Gasteiger partial charge on any atom is 0.0594 e. The first-order valence-corrected chi connectivity index (χ1v) is 5.88. The van der Waals surface area contributed by atoms with Gasteiger partial charge < -0.3 is 10.1 Å². The lowest BCUT2D eigenvalue weighted by Crippen LogP contribution is -2.32. The minimum absolute atomic E-state index is 0.416. The maximum atomic E-state index is 5.80. The Labute approximate surface area is 88.4 Å². The molecule has 0 amide bonds. The van der Waals surface area contributed by atoms with Crippen LogP contribution in [0.1, 0.15) is 34.6 Å². The first-order chi connectivity index (χ1) is 6.52. The second kappa shape index (κ2) is 5.13. The first kappa shape index (κ1) is 12.0. The van der Waals surface area contributed by atoms with Crippen molar-refractivity contribution in [3.05, 3.63) is 0 Å². The van der Waals surface area contributed by atoms with E-state index in [-0.39, 0.29) is 0 Å². The van der Waals surface area contributed by atoms with Gasteiger partial charge in [0.05, 0.1) is 12.2 Å². The van der Waals surface area contributed by atoms with Crippen LogP contribution in [0, 0.1) is 17.8 Å². The quantitative estimate of drug-likeness (QED) is 0.750. The largest absolute Gasteiger partial charge is 0.375 e. The van der Waals surface area contributed by atoms with Crippen LogP contribution in [0.5, 0.6) is 0 Å². The molecular formula is C12H25NO. The Balaban J connectivity index is 2.29. The summed E-state index contributed by atoms with van der Waals surface area (Å²) < 4.78 is 5.80. The number of hydrogen-bond acceptors (Lipinski definition) is 2. The van der Waals surface area contributed by atoms with Crippen molar-refractivity contribution in [2.45, 2.75) is 46.8 Å². The van der Waals surface area contributed by atoms with Gasteiger partial charge in [-0.25, -0.2) is 0 Å². The van der Waals surface area contributed by atoms with Gasteiger partial charge in [0, 0.05) is 12.5 Å². The van der Waals surface area contributed by atoms with Crippen molar-refractivity contribution in [2.75, 3.05) is 13.1 Å². The lowest BCUT2D eigenvalue weighted by Gasteiger charge is -2.19. The molecule has 0 bridgehead atoms. The van der Waals surface area contributed by atoms with Gasteiger partial charge in [0.2, 0.25) is 0 Å². The fourth-order valence-electron chi connectivity index (χ4n) is 2.23. The smallest absolute Gasteiger partial charge is 0.0594 e. The van der Waals surface area contributed by atoms with Crippen molar-refractivity contribution >= 4 is 0 Å². The highest BCUT2D eigenvalue weighted by molar-refractivity contribution is 4.85. The van der Waals surface area contributed by atoms with Crippen molar-refractivity contribution in [3.8, 4) is 0 Å². The summed E-state index contributed by atoms with van der Waals surface area (Å²) in [6.45, 7) is 13.4. The maximum absolute atomic E-state index is 5.80. The third-order valence-corrected chi connectivity index (χ3v) is 3.38. The SMILES string of the molecule is CC(C)CNCC1C(C)OC(C)C1C. The molecular weight excluding hydrogens is 174 g/mol. The van der Waals surface area contributed by atoms with E-state index in [1.54, 1.807) is 0 Å². The monoisotopic (exact) mass is 199 g/mol. The fourth-order valence-corrected chi connectivity index (χ4v) is 2.23. The predicted octanol–water partition coefficient (Wildman–Crippen LogP) is 2.29. The van der Waals surface area contributed by atoms with Gasteiger partial charge in [0.25, 0.3) is 0 Å². The molecule has 0 spiro atoms. The zero-order valence-corrected chi connectivity index (χ0v) is 10.2. The van der Waals surface area contributed by atoms with E-state index in [9.17, 15) is 0 Å². The van der Waals surface area contributed by atoms with E-state index in [4.69, 9.17) is 4.74 Å². The third kappa shape index (κ3) is 2.96. The zero-order chi connectivity index (χ0) is 10.7. The highest BCUT2D eigenvalue weighted by Crippen LogP contribution is 2.31. The van der Waals surface area contributed by atoms with E-state index >= 15 is 0 Å². The van der Waals surface area contributed by atoms with Crippen molar-refractivity contribution in [1.82, 2.24) is 5.32 Å². The molecule has 1 aliphatic rings. The Bertz CT molecular complexity index is 170. The highest BCUT2D eigenvalue weighted by Gasteiger charge is 2.36. The molecule has 4 atom stereocenters. The first-order valence-electron chi connectivity index (χ1n) is 5.88. The van der Waals surface area contributed by atoms with Crippen LogP contribution in [0.2, 0.25) is 0 Å². The topological polar surface area (TPSA) is 21.3 Å². The minimum Gasteiger partial charge on any atom is -0.375 e. The number of ether oxygens (including phenoxy) is 1. The second-order valence-electron chi connectivity index (χ2n) is 5.12. The van der Waals surface area contributed by atoms with Crippen LogP contribution in [0.3, 0.4) is 0 Å². The standard InChI is InChI=1S/C12H25NO/c1-8(2)6-13-7-12-9(3)10(4)14-11(12)5/h8-13H,6-7H2,1-5H3. The fraction of sp³-hybridized carbons (Fsp3) is 1.00. The van der Waals surface area contributed by atoms with Crippen LogP contribution in [-0.2, 0) is 4.74 Å². The Morgan fingerprint density at radius 1 is 1.14 bits per heavy atom. The summed E-state index contributed by atoms with van der Waals surface area (Å²) in [5.74, 6) is 2.11. The molecule has 14 heavy (non-hydrogen) atoms. The van der Waals surface area contributed by atoms with Gasteiger partial charge >= 0.3 is 0 Å².